The number of morpholine rings is 1. The number of unbranched alkanes of at least 4 members (excludes halogenated alkanes) is 8. The van der Waals surface area contributed by atoms with E-state index < -0.39 is 0 Å². The van der Waals surface area contributed by atoms with Crippen LogP contribution in [0.4, 0.5) is 0 Å². The molecule has 0 aromatic carbocycles. The second-order valence-electron chi connectivity index (χ2n) is 6.08. The third-order valence-electron chi connectivity index (χ3n) is 4.25. The Balaban J connectivity index is 2.00. The fourth-order valence-electron chi connectivity index (χ4n) is 2.86. The van der Waals surface area contributed by atoms with E-state index in [-0.39, 0.29) is 18.6 Å². The van der Waals surface area contributed by atoms with Crippen LogP contribution in [0.25, 0.3) is 0 Å². The van der Waals surface area contributed by atoms with E-state index in [1.807, 2.05) is 0 Å². The maximum atomic E-state index is 12.1. The molecule has 4 heteroatoms. The summed E-state index contributed by atoms with van der Waals surface area (Å²) in [6, 6.07) is -0.134. The first-order valence-corrected chi connectivity index (χ1v) is 8.77. The molecular weight excluding hydrogens is 266 g/mol. The van der Waals surface area contributed by atoms with Gasteiger partial charge in [-0.15, -0.1) is 0 Å². The number of rotatable bonds is 11. The molecule has 0 bridgehead atoms. The Morgan fingerprint density at radius 1 is 1.10 bits per heavy atom. The van der Waals surface area contributed by atoms with Gasteiger partial charge in [-0.3, -0.25) is 4.79 Å². The first-order chi connectivity index (χ1) is 10.3. The molecule has 124 valence electrons. The lowest BCUT2D eigenvalue weighted by Gasteiger charge is -2.34. The van der Waals surface area contributed by atoms with Crippen molar-refractivity contribution in [2.75, 3.05) is 26.4 Å². The van der Waals surface area contributed by atoms with Crippen molar-refractivity contribution in [1.29, 1.82) is 0 Å². The number of amides is 1. The van der Waals surface area contributed by atoms with Crippen molar-refractivity contribution in [2.45, 2.75) is 77.2 Å². The van der Waals surface area contributed by atoms with Crippen LogP contribution in [0.1, 0.15) is 71.1 Å². The quantitative estimate of drug-likeness (QED) is 0.596. The summed E-state index contributed by atoms with van der Waals surface area (Å²) in [6.45, 7) is 3.94. The zero-order chi connectivity index (χ0) is 15.3. The van der Waals surface area contributed by atoms with Crippen LogP contribution in [-0.4, -0.2) is 48.3 Å². The van der Waals surface area contributed by atoms with E-state index in [0.717, 1.165) is 12.8 Å². The Morgan fingerprint density at radius 3 is 2.33 bits per heavy atom. The Hall–Kier alpha value is -0.610. The normalized spacial score (nSPS) is 19.0. The smallest absolute Gasteiger partial charge is 0.223 e. The monoisotopic (exact) mass is 299 g/mol. The van der Waals surface area contributed by atoms with Gasteiger partial charge in [-0.25, -0.2) is 0 Å². The minimum absolute atomic E-state index is 0.00347. The number of carbonyl (C=O) groups excluding carboxylic acids is 1. The molecule has 1 N–H and O–H groups in total. The number of nitrogens with zero attached hydrogens (tertiary/aromatic N) is 1. The van der Waals surface area contributed by atoms with E-state index in [2.05, 4.69) is 6.92 Å². The third-order valence-corrected chi connectivity index (χ3v) is 4.25. The lowest BCUT2D eigenvalue weighted by Crippen LogP contribution is -2.50. The molecule has 1 aliphatic rings. The molecule has 0 aromatic rings. The molecule has 1 aliphatic heterocycles. The van der Waals surface area contributed by atoms with Gasteiger partial charge in [0.05, 0.1) is 25.9 Å². The number of carbonyl (C=O) groups is 1. The van der Waals surface area contributed by atoms with Crippen LogP contribution >= 0.6 is 0 Å². The average Bonchev–Trinajstić information content (AvgIpc) is 2.53. The second kappa shape index (κ2) is 12.0. The van der Waals surface area contributed by atoms with Crippen molar-refractivity contribution >= 4 is 5.91 Å². The first-order valence-electron chi connectivity index (χ1n) is 8.77. The lowest BCUT2D eigenvalue weighted by molar-refractivity contribution is -0.141. The molecular formula is C17H33NO3. The van der Waals surface area contributed by atoms with Gasteiger partial charge in [-0.05, 0) is 6.42 Å². The number of aliphatic hydroxyl groups excluding tert-OH is 1. The summed E-state index contributed by atoms with van der Waals surface area (Å²) in [5, 5.41) is 9.27. The maximum Gasteiger partial charge on any atom is 0.223 e. The van der Waals surface area contributed by atoms with Crippen molar-refractivity contribution in [3.63, 3.8) is 0 Å². The van der Waals surface area contributed by atoms with E-state index in [4.69, 9.17) is 4.74 Å². The molecule has 0 saturated carbocycles. The molecule has 0 spiro atoms. The summed E-state index contributed by atoms with van der Waals surface area (Å²) < 4.78 is 5.30. The highest BCUT2D eigenvalue weighted by Crippen LogP contribution is 2.13. The van der Waals surface area contributed by atoms with Gasteiger partial charge in [0, 0.05) is 13.0 Å². The highest BCUT2D eigenvalue weighted by atomic mass is 16.5. The molecule has 1 unspecified atom stereocenters. The van der Waals surface area contributed by atoms with Gasteiger partial charge < -0.3 is 14.7 Å². The fraction of sp³-hybridized carbons (Fsp3) is 0.941. The third kappa shape index (κ3) is 7.82. The zero-order valence-corrected chi connectivity index (χ0v) is 13.7. The summed E-state index contributed by atoms with van der Waals surface area (Å²) in [7, 11) is 0. The van der Waals surface area contributed by atoms with E-state index >= 15 is 0 Å². The molecule has 1 amide bonds. The van der Waals surface area contributed by atoms with Crippen LogP contribution in [-0.2, 0) is 9.53 Å². The molecule has 1 rings (SSSR count). The summed E-state index contributed by atoms with van der Waals surface area (Å²) in [5.74, 6) is 0.181. The predicted octanol–water partition coefficient (Wildman–Crippen LogP) is 3.13. The molecule has 1 fully saturated rings. The van der Waals surface area contributed by atoms with Crippen LogP contribution < -0.4 is 0 Å². The highest BCUT2D eigenvalue weighted by Gasteiger charge is 2.25. The van der Waals surface area contributed by atoms with Crippen LogP contribution in [0.2, 0.25) is 0 Å². The van der Waals surface area contributed by atoms with Gasteiger partial charge in [0.15, 0.2) is 0 Å². The first kappa shape index (κ1) is 18.4. The van der Waals surface area contributed by atoms with Gasteiger partial charge in [0.2, 0.25) is 5.91 Å². The summed E-state index contributed by atoms with van der Waals surface area (Å²) in [5.41, 5.74) is 0. The summed E-state index contributed by atoms with van der Waals surface area (Å²) in [4.78, 5) is 13.9. The Kier molecular flexibility index (Phi) is 10.5. The van der Waals surface area contributed by atoms with Crippen molar-refractivity contribution in [3.05, 3.63) is 0 Å². The standard InChI is InChI=1S/C17H33NO3/c1-2-3-4-5-6-7-8-9-10-11-17(20)18-12-13-21-15-16(18)14-19/h16,19H,2-15H2,1H3. The largest absolute Gasteiger partial charge is 0.394 e. The maximum absolute atomic E-state index is 12.1. The van der Waals surface area contributed by atoms with Crippen LogP contribution in [0.3, 0.4) is 0 Å². The second-order valence-corrected chi connectivity index (χ2v) is 6.08. The lowest BCUT2D eigenvalue weighted by atomic mass is 10.1. The van der Waals surface area contributed by atoms with E-state index in [1.165, 1.54) is 44.9 Å². The fourth-order valence-corrected chi connectivity index (χ4v) is 2.86. The van der Waals surface area contributed by atoms with Crippen molar-refractivity contribution in [3.8, 4) is 0 Å². The zero-order valence-electron chi connectivity index (χ0n) is 13.7. The molecule has 4 nitrogen and oxygen atoms in total. The van der Waals surface area contributed by atoms with Crippen molar-refractivity contribution in [2.24, 2.45) is 0 Å². The minimum Gasteiger partial charge on any atom is -0.394 e. The molecule has 1 saturated heterocycles. The van der Waals surface area contributed by atoms with Crippen molar-refractivity contribution in [1.82, 2.24) is 4.90 Å². The van der Waals surface area contributed by atoms with Gasteiger partial charge in [-0.2, -0.15) is 0 Å². The highest BCUT2D eigenvalue weighted by molar-refractivity contribution is 5.76. The Bertz CT molecular complexity index is 271. The molecule has 0 radical (unpaired) electrons. The molecule has 1 atom stereocenters. The molecule has 0 aromatic heterocycles. The number of hydrogen-bond acceptors (Lipinski definition) is 3. The minimum atomic E-state index is -0.134. The number of hydrogen-bond donors (Lipinski definition) is 1. The molecule has 1 heterocycles. The van der Waals surface area contributed by atoms with E-state index in [1.54, 1.807) is 4.90 Å². The number of ether oxygens (including phenoxy) is 1. The Labute approximate surface area is 129 Å². The van der Waals surface area contributed by atoms with Gasteiger partial charge in [0.25, 0.3) is 0 Å². The average molecular weight is 299 g/mol. The van der Waals surface area contributed by atoms with Gasteiger partial charge in [0.1, 0.15) is 0 Å². The summed E-state index contributed by atoms with van der Waals surface area (Å²) >= 11 is 0. The van der Waals surface area contributed by atoms with E-state index in [0.29, 0.717) is 26.2 Å². The number of aliphatic hydroxyl groups is 1. The van der Waals surface area contributed by atoms with Gasteiger partial charge in [-0.1, -0.05) is 58.3 Å². The van der Waals surface area contributed by atoms with Crippen LogP contribution in [0, 0.1) is 0 Å². The van der Waals surface area contributed by atoms with Gasteiger partial charge >= 0.3 is 0 Å². The Morgan fingerprint density at radius 2 is 1.71 bits per heavy atom. The summed E-state index contributed by atoms with van der Waals surface area (Å²) in [6.07, 6.45) is 12.0. The van der Waals surface area contributed by atoms with Crippen LogP contribution in [0.15, 0.2) is 0 Å². The van der Waals surface area contributed by atoms with E-state index in [9.17, 15) is 9.90 Å². The topological polar surface area (TPSA) is 49.8 Å². The molecule has 21 heavy (non-hydrogen) atoms. The SMILES string of the molecule is CCCCCCCCCCCC(=O)N1CCOCC1CO. The van der Waals surface area contributed by atoms with Crippen molar-refractivity contribution < 1.29 is 14.6 Å². The predicted molar refractivity (Wildman–Crippen MR) is 85.2 cm³/mol. The van der Waals surface area contributed by atoms with Crippen LogP contribution in [0.5, 0.6) is 0 Å². The molecule has 0 aliphatic carbocycles.